The monoisotopic (exact) mass is 211 g/mol. The lowest BCUT2D eigenvalue weighted by molar-refractivity contribution is -0.137. The highest BCUT2D eigenvalue weighted by atomic mass is 16.4. The average molecular weight is 211 g/mol. The van der Waals surface area contributed by atoms with Crippen molar-refractivity contribution in [2.75, 3.05) is 5.32 Å². The molecule has 0 aliphatic heterocycles. The Morgan fingerprint density at radius 3 is 2.93 bits per heavy atom. The molecule has 1 aromatic heterocycles. The van der Waals surface area contributed by atoms with E-state index in [1.54, 1.807) is 14.0 Å². The molecule has 1 unspecified atom stereocenters. The minimum Gasteiger partial charge on any atom is -0.480 e. The van der Waals surface area contributed by atoms with Crippen LogP contribution >= 0.6 is 0 Å². The molecule has 6 nitrogen and oxygen atoms in total. The standard InChI is InChI=1S/C9H13N3O3/c1-3-6(9(14)15)11-7-8(13)12(2)5-4-10-7/h4-6H,3H2,1-2H3,(H,10,11)(H,14,15). The van der Waals surface area contributed by atoms with Gasteiger partial charge in [0.05, 0.1) is 0 Å². The molecule has 0 aromatic carbocycles. The third kappa shape index (κ3) is 2.55. The number of aryl methyl sites for hydroxylation is 1. The van der Waals surface area contributed by atoms with Crippen molar-refractivity contribution in [2.24, 2.45) is 7.05 Å². The molecule has 0 radical (unpaired) electrons. The van der Waals surface area contributed by atoms with E-state index in [4.69, 9.17) is 5.11 Å². The van der Waals surface area contributed by atoms with Gasteiger partial charge in [0.1, 0.15) is 6.04 Å². The molecule has 1 aromatic rings. The van der Waals surface area contributed by atoms with E-state index in [1.165, 1.54) is 17.0 Å². The smallest absolute Gasteiger partial charge is 0.326 e. The molecule has 1 heterocycles. The van der Waals surface area contributed by atoms with Gasteiger partial charge < -0.3 is 15.0 Å². The quantitative estimate of drug-likeness (QED) is 0.735. The molecule has 2 N–H and O–H groups in total. The second-order valence-electron chi connectivity index (χ2n) is 3.14. The summed E-state index contributed by atoms with van der Waals surface area (Å²) in [4.78, 5) is 26.0. The Labute approximate surface area is 86.6 Å². The predicted octanol–water partition coefficient (Wildman–Crippen LogP) is 0.0554. The van der Waals surface area contributed by atoms with Gasteiger partial charge in [0, 0.05) is 19.4 Å². The molecule has 0 fully saturated rings. The number of anilines is 1. The lowest BCUT2D eigenvalue weighted by Crippen LogP contribution is -2.33. The van der Waals surface area contributed by atoms with Crippen molar-refractivity contribution >= 4 is 11.8 Å². The summed E-state index contributed by atoms with van der Waals surface area (Å²) < 4.78 is 1.34. The van der Waals surface area contributed by atoms with Crippen LogP contribution in [0.3, 0.4) is 0 Å². The normalized spacial score (nSPS) is 12.1. The van der Waals surface area contributed by atoms with Crippen LogP contribution in [-0.4, -0.2) is 26.7 Å². The fraction of sp³-hybridized carbons (Fsp3) is 0.444. The van der Waals surface area contributed by atoms with Gasteiger partial charge >= 0.3 is 5.97 Å². The van der Waals surface area contributed by atoms with Crippen molar-refractivity contribution in [3.05, 3.63) is 22.7 Å². The van der Waals surface area contributed by atoms with E-state index < -0.39 is 12.0 Å². The fourth-order valence-corrected chi connectivity index (χ4v) is 1.10. The minimum absolute atomic E-state index is 0.0641. The first-order chi connectivity index (χ1) is 7.06. The molecule has 0 spiro atoms. The van der Waals surface area contributed by atoms with Crippen molar-refractivity contribution < 1.29 is 9.90 Å². The summed E-state index contributed by atoms with van der Waals surface area (Å²) in [5, 5.41) is 11.4. The lowest BCUT2D eigenvalue weighted by atomic mass is 10.2. The van der Waals surface area contributed by atoms with Gasteiger partial charge in [-0.1, -0.05) is 6.92 Å². The van der Waals surface area contributed by atoms with Gasteiger partial charge in [0.15, 0.2) is 5.82 Å². The Hall–Kier alpha value is -1.85. The second kappa shape index (κ2) is 4.59. The van der Waals surface area contributed by atoms with Crippen LogP contribution in [0.15, 0.2) is 17.2 Å². The number of nitrogens with zero attached hydrogens (tertiary/aromatic N) is 2. The van der Waals surface area contributed by atoms with Crippen molar-refractivity contribution in [1.29, 1.82) is 0 Å². The number of hydrogen-bond donors (Lipinski definition) is 2. The number of hydrogen-bond acceptors (Lipinski definition) is 4. The average Bonchev–Trinajstić information content (AvgIpc) is 2.19. The largest absolute Gasteiger partial charge is 0.480 e. The summed E-state index contributed by atoms with van der Waals surface area (Å²) in [6, 6.07) is -0.785. The number of nitrogens with one attached hydrogen (secondary N) is 1. The van der Waals surface area contributed by atoms with Gasteiger partial charge in [-0.25, -0.2) is 9.78 Å². The van der Waals surface area contributed by atoms with Crippen molar-refractivity contribution in [3.8, 4) is 0 Å². The highest BCUT2D eigenvalue weighted by molar-refractivity contribution is 5.76. The molecule has 0 saturated heterocycles. The molecular weight excluding hydrogens is 198 g/mol. The van der Waals surface area contributed by atoms with Crippen molar-refractivity contribution in [1.82, 2.24) is 9.55 Å². The molecule has 0 saturated carbocycles. The van der Waals surface area contributed by atoms with Gasteiger partial charge in [0.2, 0.25) is 0 Å². The topological polar surface area (TPSA) is 84.2 Å². The van der Waals surface area contributed by atoms with Crippen LogP contribution in [0.5, 0.6) is 0 Å². The van der Waals surface area contributed by atoms with Crippen molar-refractivity contribution in [3.63, 3.8) is 0 Å². The maximum atomic E-state index is 11.5. The number of rotatable bonds is 4. The maximum Gasteiger partial charge on any atom is 0.326 e. The van der Waals surface area contributed by atoms with E-state index in [-0.39, 0.29) is 11.4 Å². The Kier molecular flexibility index (Phi) is 3.43. The van der Waals surface area contributed by atoms with Crippen LogP contribution in [0.1, 0.15) is 13.3 Å². The van der Waals surface area contributed by atoms with Gasteiger partial charge in [-0.3, -0.25) is 4.79 Å². The van der Waals surface area contributed by atoms with Crippen LogP contribution in [0, 0.1) is 0 Å². The molecular formula is C9H13N3O3. The second-order valence-corrected chi connectivity index (χ2v) is 3.14. The summed E-state index contributed by atoms with van der Waals surface area (Å²) >= 11 is 0. The van der Waals surface area contributed by atoms with Crippen LogP contribution < -0.4 is 10.9 Å². The van der Waals surface area contributed by atoms with Gasteiger partial charge in [-0.05, 0) is 6.42 Å². The highest BCUT2D eigenvalue weighted by Crippen LogP contribution is 2.00. The maximum absolute atomic E-state index is 11.5. The van der Waals surface area contributed by atoms with E-state index in [2.05, 4.69) is 10.3 Å². The molecule has 1 rings (SSSR count). The first kappa shape index (κ1) is 11.2. The minimum atomic E-state index is -0.995. The number of carbonyl (C=O) groups is 1. The molecule has 82 valence electrons. The Morgan fingerprint density at radius 1 is 1.73 bits per heavy atom. The van der Waals surface area contributed by atoms with E-state index in [0.29, 0.717) is 6.42 Å². The van der Waals surface area contributed by atoms with Crippen LogP contribution in [0.4, 0.5) is 5.82 Å². The molecule has 0 aliphatic rings. The number of aliphatic carboxylic acids is 1. The highest BCUT2D eigenvalue weighted by Gasteiger charge is 2.16. The van der Waals surface area contributed by atoms with Crippen LogP contribution in [0.25, 0.3) is 0 Å². The van der Waals surface area contributed by atoms with E-state index in [9.17, 15) is 9.59 Å². The number of carboxylic acids is 1. The Balaban J connectivity index is 2.94. The zero-order valence-electron chi connectivity index (χ0n) is 8.60. The molecule has 0 amide bonds. The predicted molar refractivity (Wildman–Crippen MR) is 54.8 cm³/mol. The van der Waals surface area contributed by atoms with Crippen molar-refractivity contribution in [2.45, 2.75) is 19.4 Å². The number of carboxylic acid groups (broad SMARTS) is 1. The molecule has 0 aliphatic carbocycles. The summed E-state index contributed by atoms with van der Waals surface area (Å²) in [5.74, 6) is -0.931. The first-order valence-corrected chi connectivity index (χ1v) is 4.57. The summed E-state index contributed by atoms with van der Waals surface area (Å²) in [7, 11) is 1.58. The first-order valence-electron chi connectivity index (χ1n) is 4.57. The van der Waals surface area contributed by atoms with E-state index >= 15 is 0 Å². The summed E-state index contributed by atoms with van der Waals surface area (Å²) in [6.07, 6.45) is 3.34. The summed E-state index contributed by atoms with van der Waals surface area (Å²) in [6.45, 7) is 1.72. The van der Waals surface area contributed by atoms with E-state index in [0.717, 1.165) is 0 Å². The van der Waals surface area contributed by atoms with Gasteiger partial charge in [0.25, 0.3) is 5.56 Å². The molecule has 0 bridgehead atoms. The Morgan fingerprint density at radius 2 is 2.40 bits per heavy atom. The number of aromatic nitrogens is 2. The van der Waals surface area contributed by atoms with E-state index in [1.807, 2.05) is 0 Å². The fourth-order valence-electron chi connectivity index (χ4n) is 1.10. The molecule has 15 heavy (non-hydrogen) atoms. The van der Waals surface area contributed by atoms with Gasteiger partial charge in [-0.15, -0.1) is 0 Å². The van der Waals surface area contributed by atoms with Crippen LogP contribution in [-0.2, 0) is 11.8 Å². The zero-order chi connectivity index (χ0) is 11.4. The third-order valence-corrected chi connectivity index (χ3v) is 2.03. The molecule has 6 heteroatoms. The zero-order valence-corrected chi connectivity index (χ0v) is 8.60. The SMILES string of the molecule is CCC(Nc1nccn(C)c1=O)C(=O)O. The third-order valence-electron chi connectivity index (χ3n) is 2.03. The Bertz CT molecular complexity index is 413. The van der Waals surface area contributed by atoms with Crippen LogP contribution in [0.2, 0.25) is 0 Å². The van der Waals surface area contributed by atoms with Gasteiger partial charge in [-0.2, -0.15) is 0 Å². The lowest BCUT2D eigenvalue weighted by Gasteiger charge is -2.12. The summed E-state index contributed by atoms with van der Waals surface area (Å²) in [5.41, 5.74) is -0.336. The molecule has 1 atom stereocenters.